The minimum absolute atomic E-state index is 0.470. The lowest BCUT2D eigenvalue weighted by Gasteiger charge is -2.43. The van der Waals surface area contributed by atoms with Gasteiger partial charge < -0.3 is 9.84 Å². The van der Waals surface area contributed by atoms with Crippen LogP contribution in [0.2, 0.25) is 0 Å². The van der Waals surface area contributed by atoms with Gasteiger partial charge in [-0.2, -0.15) is 52.7 Å². The van der Waals surface area contributed by atoms with Gasteiger partial charge in [-0.25, -0.2) is 0 Å². The van der Waals surface area contributed by atoms with E-state index in [-0.39, 0.29) is 0 Å². The number of ether oxygens (including phenoxy) is 1. The summed E-state index contributed by atoms with van der Waals surface area (Å²) in [6.07, 6.45) is -4.44. The van der Waals surface area contributed by atoms with Gasteiger partial charge in [0.15, 0.2) is 6.29 Å². The van der Waals surface area contributed by atoms with Crippen molar-refractivity contribution in [2.45, 2.75) is 54.1 Å². The molecule has 156 valence electrons. The molecule has 2 nitrogen and oxygen atoms in total. The summed E-state index contributed by atoms with van der Waals surface area (Å²) in [5.74, 6) is -39.4. The van der Waals surface area contributed by atoms with Crippen LogP contribution in [0.1, 0.15) is 12.8 Å². The maximum Gasteiger partial charge on any atom is 0.393 e. The highest BCUT2D eigenvalue weighted by atomic mass is 35.5. The number of hydrogen-bond donors (Lipinski definition) is 1. The molecule has 2 atom stereocenters. The molecule has 0 aromatic heterocycles. The minimum Gasteiger partial charge on any atom is -0.367 e. The normalized spacial score (nSPS) is 24.7. The number of aliphatic hydroxyl groups excluding tert-OH is 1. The van der Waals surface area contributed by atoms with Gasteiger partial charge in [-0.1, -0.05) is 0 Å². The van der Waals surface area contributed by atoms with E-state index in [0.717, 1.165) is 0 Å². The molecule has 0 saturated carbocycles. The fraction of sp³-hybridized carbons (Fsp3) is 1.00. The van der Waals surface area contributed by atoms with Crippen LogP contribution in [0.15, 0.2) is 0 Å². The lowest BCUT2D eigenvalue weighted by Crippen LogP contribution is -2.71. The van der Waals surface area contributed by atoms with Gasteiger partial charge in [-0.15, -0.1) is 0 Å². The van der Waals surface area contributed by atoms with Crippen LogP contribution in [0.4, 0.5) is 52.7 Å². The van der Waals surface area contributed by atoms with Crippen LogP contribution in [0.25, 0.3) is 0 Å². The fourth-order valence-corrected chi connectivity index (χ4v) is 2.26. The van der Waals surface area contributed by atoms with E-state index in [1.807, 2.05) is 0 Å². The van der Waals surface area contributed by atoms with Gasteiger partial charge in [0, 0.05) is 6.61 Å². The lowest BCUT2D eigenvalue weighted by molar-refractivity contribution is -0.428. The van der Waals surface area contributed by atoms with E-state index >= 15 is 0 Å². The van der Waals surface area contributed by atoms with Crippen molar-refractivity contribution in [3.05, 3.63) is 0 Å². The predicted octanol–water partition coefficient (Wildman–Crippen LogP) is 4.74. The number of halogens is 13. The Labute approximate surface area is 142 Å². The van der Waals surface area contributed by atoms with Gasteiger partial charge in [0.2, 0.25) is 0 Å². The van der Waals surface area contributed by atoms with Crippen molar-refractivity contribution < 1.29 is 62.5 Å². The number of alkyl halides is 13. The van der Waals surface area contributed by atoms with Gasteiger partial charge in [-0.05, 0) is 24.4 Å². The van der Waals surface area contributed by atoms with Crippen LogP contribution < -0.4 is 0 Å². The first-order valence-electron chi connectivity index (χ1n) is 6.52. The molecule has 1 saturated heterocycles. The summed E-state index contributed by atoms with van der Waals surface area (Å²) in [6, 6.07) is 0. The number of hydrogen-bond acceptors (Lipinski definition) is 2. The summed E-state index contributed by atoms with van der Waals surface area (Å²) in [7, 11) is 0. The molecule has 1 fully saturated rings. The molecule has 0 radical (unpaired) electrons. The van der Waals surface area contributed by atoms with E-state index in [1.54, 1.807) is 0 Å². The maximum absolute atomic E-state index is 13.8. The minimum atomic E-state index is -7.70. The topological polar surface area (TPSA) is 29.5 Å². The van der Waals surface area contributed by atoms with Crippen LogP contribution in [-0.2, 0) is 4.74 Å². The highest BCUT2D eigenvalue weighted by Gasteiger charge is 2.90. The molecule has 1 N–H and O–H groups in total. The summed E-state index contributed by atoms with van der Waals surface area (Å²) in [5, 5.41) is 2.59. The van der Waals surface area contributed by atoms with Crippen molar-refractivity contribution in [1.29, 1.82) is 0 Å². The summed E-state index contributed by atoms with van der Waals surface area (Å²) < 4.78 is 162. The summed E-state index contributed by atoms with van der Waals surface area (Å²) in [6.45, 7) is -0.470. The molecule has 15 heteroatoms. The Balaban J connectivity index is 3.43. The molecule has 1 aliphatic rings. The smallest absolute Gasteiger partial charge is 0.367 e. The third-order valence-electron chi connectivity index (χ3n) is 3.72. The Morgan fingerprint density at radius 3 is 1.54 bits per heavy atom. The second-order valence-electron chi connectivity index (χ2n) is 5.43. The Kier molecular flexibility index (Phi) is 5.82. The lowest BCUT2D eigenvalue weighted by atomic mass is 9.84. The molecule has 1 aliphatic heterocycles. The Morgan fingerprint density at radius 1 is 0.731 bits per heavy atom. The van der Waals surface area contributed by atoms with Crippen molar-refractivity contribution in [1.82, 2.24) is 0 Å². The van der Waals surface area contributed by atoms with Gasteiger partial charge in [-0.3, -0.25) is 0 Å². The molecule has 0 unspecified atom stereocenters. The van der Waals surface area contributed by atoms with Crippen molar-refractivity contribution in [3.63, 3.8) is 0 Å². The third-order valence-corrected chi connectivity index (χ3v) is 3.95. The molecule has 0 bridgehead atoms. The largest absolute Gasteiger partial charge is 0.393 e. The zero-order valence-electron chi connectivity index (χ0n) is 12.0. The van der Waals surface area contributed by atoms with Crippen molar-refractivity contribution in [2.75, 3.05) is 6.61 Å². The first kappa shape index (κ1) is 23.4. The molecule has 1 heterocycles. The highest BCUT2D eigenvalue weighted by Crippen LogP contribution is 2.62. The molecule has 1 rings (SSSR count). The quantitative estimate of drug-likeness (QED) is 0.481. The number of rotatable bonds is 6. The van der Waals surface area contributed by atoms with E-state index in [9.17, 15) is 52.7 Å². The highest BCUT2D eigenvalue weighted by molar-refractivity contribution is 6.22. The van der Waals surface area contributed by atoms with E-state index < -0.39 is 66.7 Å². The second-order valence-corrected chi connectivity index (χ2v) is 5.90. The van der Waals surface area contributed by atoms with Crippen LogP contribution >= 0.6 is 11.6 Å². The third kappa shape index (κ3) is 3.11. The summed E-state index contributed by atoms with van der Waals surface area (Å²) >= 11 is 3.56. The predicted molar refractivity (Wildman–Crippen MR) is 60.2 cm³/mol. The molecular weight excluding hydrogens is 428 g/mol. The summed E-state index contributed by atoms with van der Waals surface area (Å²) in [5.41, 5.74) is 0. The van der Waals surface area contributed by atoms with Gasteiger partial charge in [0.05, 0.1) is 5.92 Å². The summed E-state index contributed by atoms with van der Waals surface area (Å²) in [4.78, 5) is 0. The Hall–Kier alpha value is -0.630. The van der Waals surface area contributed by atoms with E-state index in [0.29, 0.717) is 0 Å². The molecule has 0 spiro atoms. The second kappa shape index (κ2) is 6.47. The van der Waals surface area contributed by atoms with Crippen LogP contribution in [-0.4, -0.2) is 53.0 Å². The van der Waals surface area contributed by atoms with Crippen molar-refractivity contribution in [3.8, 4) is 0 Å². The van der Waals surface area contributed by atoms with E-state index in [2.05, 4.69) is 16.3 Å². The average molecular weight is 437 g/mol. The van der Waals surface area contributed by atoms with E-state index in [1.165, 1.54) is 0 Å². The molecular formula is C11H9ClF12O2. The fourth-order valence-electron chi connectivity index (χ4n) is 2.14. The molecule has 0 aliphatic carbocycles. The monoisotopic (exact) mass is 436 g/mol. The molecule has 0 amide bonds. The Bertz CT molecular complexity index is 518. The molecule has 0 aromatic rings. The molecule has 0 aromatic carbocycles. The molecule has 26 heavy (non-hydrogen) atoms. The maximum atomic E-state index is 13.8. The zero-order valence-corrected chi connectivity index (χ0v) is 12.8. The number of aliphatic hydroxyl groups is 1. The first-order valence-corrected chi connectivity index (χ1v) is 6.90. The van der Waals surface area contributed by atoms with E-state index in [4.69, 9.17) is 5.11 Å². The first-order chi connectivity index (χ1) is 11.3. The van der Waals surface area contributed by atoms with Gasteiger partial charge >= 0.3 is 35.0 Å². The SMILES string of the molecule is O[C@@H]1OCCC[C@@H]1C(F)(F)C(F)(F)C(F)(F)C(F)(F)C(F)(F)C(F)(F)Cl. The van der Waals surface area contributed by atoms with Gasteiger partial charge in [0.1, 0.15) is 0 Å². The van der Waals surface area contributed by atoms with Crippen LogP contribution in [0.5, 0.6) is 0 Å². The standard InChI is InChI=1S/C11H9ClF12O2/c12-11(23,24)10(21,22)9(19,20)8(17,18)7(15,16)6(13,14)4-2-1-3-26-5(4)25/h4-5,25H,1-3H2/t4-,5+/m0/s1. The van der Waals surface area contributed by atoms with Crippen molar-refractivity contribution in [2.24, 2.45) is 5.92 Å². The van der Waals surface area contributed by atoms with Crippen LogP contribution in [0, 0.1) is 5.92 Å². The average Bonchev–Trinajstić information content (AvgIpc) is 2.45. The van der Waals surface area contributed by atoms with Crippen molar-refractivity contribution >= 4 is 11.6 Å². The van der Waals surface area contributed by atoms with Gasteiger partial charge in [0.25, 0.3) is 0 Å². The zero-order chi connectivity index (χ0) is 21.0. The Morgan fingerprint density at radius 2 is 1.15 bits per heavy atom. The van der Waals surface area contributed by atoms with Crippen LogP contribution in [0.3, 0.4) is 0 Å².